The Hall–Kier alpha value is -1.46. The van der Waals surface area contributed by atoms with E-state index in [0.29, 0.717) is 0 Å². The Morgan fingerprint density at radius 2 is 2.12 bits per heavy atom. The lowest BCUT2D eigenvalue weighted by atomic mass is 11.1. The van der Waals surface area contributed by atoms with E-state index in [-0.39, 0.29) is 0 Å². The first-order chi connectivity index (χ1) is 3.63. The molecular formula is C2H6N4O2. The Bertz CT molecular complexity index is 96.6. The molecule has 6 heteroatoms. The Labute approximate surface area is 45.2 Å². The van der Waals surface area contributed by atoms with E-state index < -0.39 is 12.1 Å². The second-order valence-corrected chi connectivity index (χ2v) is 0.969. The normalized spacial score (nSPS) is 7.50. The zero-order chi connectivity index (χ0) is 6.57. The number of carboxylic acid groups (broad SMARTS) is 1. The molecule has 0 aliphatic carbocycles. The van der Waals surface area contributed by atoms with Crippen LogP contribution in [0.25, 0.3) is 0 Å². The van der Waals surface area contributed by atoms with Crippen molar-refractivity contribution in [1.29, 1.82) is 5.41 Å². The first kappa shape index (κ1) is 6.54. The van der Waals surface area contributed by atoms with E-state index in [1.807, 2.05) is 5.43 Å². The summed E-state index contributed by atoms with van der Waals surface area (Å²) in [6.45, 7) is 0. The average Bonchev–Trinajstić information content (AvgIpc) is 1.61. The lowest BCUT2D eigenvalue weighted by molar-refractivity contribution is 0.192. The summed E-state index contributed by atoms with van der Waals surface area (Å²) in [4.78, 5) is 9.58. The quantitative estimate of drug-likeness (QED) is 0.154. The molecule has 6 nitrogen and oxygen atoms in total. The standard InChI is InChI=1S/C2H6N4O2/c3-1(4)5-6-2(7)8/h6H,(H,7,8)(H4,3,4,5). The Morgan fingerprint density at radius 3 is 2.25 bits per heavy atom. The van der Waals surface area contributed by atoms with Crippen molar-refractivity contribution >= 4 is 12.1 Å². The van der Waals surface area contributed by atoms with Gasteiger partial charge in [0, 0.05) is 0 Å². The van der Waals surface area contributed by atoms with Crippen molar-refractivity contribution in [1.82, 2.24) is 10.9 Å². The lowest BCUT2D eigenvalue weighted by Crippen LogP contribution is -2.44. The molecule has 0 rings (SSSR count). The van der Waals surface area contributed by atoms with Crippen LogP contribution in [0.15, 0.2) is 0 Å². The first-order valence-electron chi connectivity index (χ1n) is 1.72. The van der Waals surface area contributed by atoms with Crippen molar-refractivity contribution in [2.75, 3.05) is 0 Å². The number of guanidine groups is 1. The highest BCUT2D eigenvalue weighted by molar-refractivity contribution is 5.77. The number of rotatable bonds is 0. The van der Waals surface area contributed by atoms with Crippen LogP contribution in [0.2, 0.25) is 0 Å². The molecule has 0 bridgehead atoms. The molecule has 0 fully saturated rings. The van der Waals surface area contributed by atoms with Crippen LogP contribution in [-0.2, 0) is 0 Å². The zero-order valence-electron chi connectivity index (χ0n) is 3.93. The van der Waals surface area contributed by atoms with Gasteiger partial charge in [0.05, 0.1) is 0 Å². The second kappa shape index (κ2) is 2.67. The van der Waals surface area contributed by atoms with Crippen LogP contribution in [0.3, 0.4) is 0 Å². The molecular weight excluding hydrogens is 112 g/mol. The number of amides is 1. The van der Waals surface area contributed by atoms with E-state index in [1.165, 1.54) is 0 Å². The van der Waals surface area contributed by atoms with E-state index >= 15 is 0 Å². The van der Waals surface area contributed by atoms with Crippen LogP contribution < -0.4 is 16.6 Å². The molecule has 0 unspecified atom stereocenters. The molecule has 0 aliphatic rings. The van der Waals surface area contributed by atoms with E-state index in [2.05, 4.69) is 5.73 Å². The molecule has 8 heavy (non-hydrogen) atoms. The highest BCUT2D eigenvalue weighted by atomic mass is 16.4. The number of carbonyl (C=O) groups is 1. The minimum absolute atomic E-state index is 0.438. The SMILES string of the molecule is N=C(N)NNC(=O)O. The van der Waals surface area contributed by atoms with Gasteiger partial charge in [-0.3, -0.25) is 10.8 Å². The number of nitrogens with one attached hydrogen (secondary N) is 3. The van der Waals surface area contributed by atoms with Gasteiger partial charge in [0.1, 0.15) is 0 Å². The third-order valence-electron chi connectivity index (χ3n) is 0.304. The zero-order valence-corrected chi connectivity index (χ0v) is 3.93. The molecule has 0 heterocycles. The molecule has 0 radical (unpaired) electrons. The minimum Gasteiger partial charge on any atom is -0.464 e. The first-order valence-corrected chi connectivity index (χ1v) is 1.72. The van der Waals surface area contributed by atoms with Crippen molar-refractivity contribution in [3.63, 3.8) is 0 Å². The second-order valence-electron chi connectivity index (χ2n) is 0.969. The van der Waals surface area contributed by atoms with Crippen molar-refractivity contribution in [2.45, 2.75) is 0 Å². The fourth-order valence-electron chi connectivity index (χ4n) is 0.121. The number of hydrazine groups is 1. The third kappa shape index (κ3) is 4.54. The Morgan fingerprint density at radius 1 is 1.62 bits per heavy atom. The van der Waals surface area contributed by atoms with Gasteiger partial charge in [-0.1, -0.05) is 0 Å². The number of hydrogen-bond acceptors (Lipinski definition) is 2. The van der Waals surface area contributed by atoms with E-state index in [4.69, 9.17) is 10.5 Å². The van der Waals surface area contributed by atoms with Crippen LogP contribution in [0.5, 0.6) is 0 Å². The summed E-state index contributed by atoms with van der Waals surface area (Å²) in [7, 11) is 0. The summed E-state index contributed by atoms with van der Waals surface area (Å²) in [6.07, 6.45) is -1.28. The summed E-state index contributed by atoms with van der Waals surface area (Å²) in [5, 5.41) is 14.3. The van der Waals surface area contributed by atoms with Gasteiger partial charge in [-0.25, -0.2) is 10.2 Å². The largest absolute Gasteiger partial charge is 0.464 e. The molecule has 1 amide bonds. The fourth-order valence-corrected chi connectivity index (χ4v) is 0.121. The highest BCUT2D eigenvalue weighted by Crippen LogP contribution is 1.50. The van der Waals surface area contributed by atoms with Crippen molar-refractivity contribution in [3.05, 3.63) is 0 Å². The molecule has 0 atom stereocenters. The molecule has 0 aromatic carbocycles. The molecule has 0 aliphatic heterocycles. The smallest absolute Gasteiger partial charge is 0.423 e. The molecule has 0 spiro atoms. The molecule has 6 N–H and O–H groups in total. The molecule has 46 valence electrons. The minimum atomic E-state index is -1.28. The maximum absolute atomic E-state index is 9.58. The predicted octanol–water partition coefficient (Wildman–Crippen LogP) is -1.35. The van der Waals surface area contributed by atoms with Crippen LogP contribution in [-0.4, -0.2) is 17.2 Å². The molecule has 0 saturated carbocycles. The van der Waals surface area contributed by atoms with Crippen molar-refractivity contribution in [2.24, 2.45) is 5.73 Å². The fraction of sp³-hybridized carbons (Fsp3) is 0. The Kier molecular flexibility index (Phi) is 2.18. The highest BCUT2D eigenvalue weighted by Gasteiger charge is 1.89. The molecule has 0 saturated heterocycles. The van der Waals surface area contributed by atoms with Gasteiger partial charge in [-0.2, -0.15) is 0 Å². The third-order valence-corrected chi connectivity index (χ3v) is 0.304. The lowest BCUT2D eigenvalue weighted by Gasteiger charge is -1.98. The van der Waals surface area contributed by atoms with Crippen molar-refractivity contribution in [3.8, 4) is 0 Å². The maximum atomic E-state index is 9.58. The van der Waals surface area contributed by atoms with Gasteiger partial charge < -0.3 is 10.8 Å². The predicted molar refractivity (Wildman–Crippen MR) is 26.2 cm³/mol. The van der Waals surface area contributed by atoms with E-state index in [1.54, 1.807) is 5.43 Å². The van der Waals surface area contributed by atoms with Gasteiger partial charge in [0.15, 0.2) is 0 Å². The van der Waals surface area contributed by atoms with Gasteiger partial charge in [0.2, 0.25) is 5.96 Å². The van der Waals surface area contributed by atoms with Gasteiger partial charge in [-0.05, 0) is 0 Å². The van der Waals surface area contributed by atoms with Crippen LogP contribution in [0.1, 0.15) is 0 Å². The summed E-state index contributed by atoms with van der Waals surface area (Å²) in [5.41, 5.74) is 8.21. The average molecular weight is 118 g/mol. The summed E-state index contributed by atoms with van der Waals surface area (Å²) >= 11 is 0. The monoisotopic (exact) mass is 118 g/mol. The van der Waals surface area contributed by atoms with E-state index in [9.17, 15) is 4.79 Å². The Balaban J connectivity index is 3.18. The summed E-state index contributed by atoms with van der Waals surface area (Å²) < 4.78 is 0. The summed E-state index contributed by atoms with van der Waals surface area (Å²) in [5.74, 6) is -0.438. The summed E-state index contributed by atoms with van der Waals surface area (Å²) in [6, 6.07) is 0. The van der Waals surface area contributed by atoms with Gasteiger partial charge in [0.25, 0.3) is 0 Å². The topological polar surface area (TPSA) is 111 Å². The van der Waals surface area contributed by atoms with Gasteiger partial charge in [-0.15, -0.1) is 0 Å². The molecule has 0 aromatic rings. The van der Waals surface area contributed by atoms with Gasteiger partial charge >= 0.3 is 6.09 Å². The number of nitrogens with two attached hydrogens (primary N) is 1. The van der Waals surface area contributed by atoms with Crippen LogP contribution >= 0.6 is 0 Å². The van der Waals surface area contributed by atoms with E-state index in [0.717, 1.165) is 0 Å². The number of hydrogen-bond donors (Lipinski definition) is 5. The van der Waals surface area contributed by atoms with Crippen LogP contribution in [0, 0.1) is 5.41 Å². The van der Waals surface area contributed by atoms with Crippen LogP contribution in [0.4, 0.5) is 4.79 Å². The maximum Gasteiger partial charge on any atom is 0.423 e. The molecule has 0 aromatic heterocycles. The van der Waals surface area contributed by atoms with Crippen molar-refractivity contribution < 1.29 is 9.90 Å².